The van der Waals surface area contributed by atoms with E-state index in [-0.39, 0.29) is 11.9 Å². The SMILES string of the molecule is CC(C)N(C)C(=O)C(N)=NC(N)=O. The molecule has 0 aliphatic heterocycles. The highest BCUT2D eigenvalue weighted by Crippen LogP contribution is 1.94. The minimum Gasteiger partial charge on any atom is -0.379 e. The van der Waals surface area contributed by atoms with E-state index >= 15 is 0 Å². The first-order valence-electron chi connectivity index (χ1n) is 3.77. The predicted octanol–water partition coefficient (Wildman–Crippen LogP) is -0.711. The monoisotopic (exact) mass is 186 g/mol. The maximum atomic E-state index is 11.3. The van der Waals surface area contributed by atoms with E-state index in [0.717, 1.165) is 0 Å². The molecule has 0 bridgehead atoms. The first-order chi connectivity index (χ1) is 5.86. The van der Waals surface area contributed by atoms with Gasteiger partial charge in [-0.25, -0.2) is 4.79 Å². The van der Waals surface area contributed by atoms with Gasteiger partial charge < -0.3 is 16.4 Å². The summed E-state index contributed by atoms with van der Waals surface area (Å²) in [7, 11) is 1.57. The van der Waals surface area contributed by atoms with Gasteiger partial charge in [-0.3, -0.25) is 4.79 Å². The summed E-state index contributed by atoms with van der Waals surface area (Å²) in [5, 5.41) is 0. The summed E-state index contributed by atoms with van der Waals surface area (Å²) in [4.78, 5) is 26.1. The van der Waals surface area contributed by atoms with Gasteiger partial charge in [0.1, 0.15) is 0 Å². The second-order valence-electron chi connectivity index (χ2n) is 2.85. The van der Waals surface area contributed by atoms with E-state index in [4.69, 9.17) is 11.5 Å². The lowest BCUT2D eigenvalue weighted by molar-refractivity contribution is -0.124. The van der Waals surface area contributed by atoms with Gasteiger partial charge in [0.05, 0.1) is 0 Å². The van der Waals surface area contributed by atoms with Crippen LogP contribution in [0.25, 0.3) is 0 Å². The molecule has 0 fully saturated rings. The van der Waals surface area contributed by atoms with E-state index in [1.54, 1.807) is 7.05 Å². The van der Waals surface area contributed by atoms with E-state index in [1.165, 1.54) is 4.90 Å². The van der Waals surface area contributed by atoms with E-state index in [9.17, 15) is 9.59 Å². The van der Waals surface area contributed by atoms with Gasteiger partial charge in [0.25, 0.3) is 5.91 Å². The Hall–Kier alpha value is -1.59. The van der Waals surface area contributed by atoms with Gasteiger partial charge in [0.15, 0.2) is 5.84 Å². The Labute approximate surface area is 76.6 Å². The standard InChI is InChI=1S/C7H14N4O2/c1-4(2)11(3)6(12)5(8)10-7(9)13/h4H,1-3H3,(H4,8,9,10,13). The molecule has 0 unspecified atom stereocenters. The summed E-state index contributed by atoms with van der Waals surface area (Å²) in [5.41, 5.74) is 9.95. The molecular weight excluding hydrogens is 172 g/mol. The highest BCUT2D eigenvalue weighted by atomic mass is 16.2. The molecule has 0 heterocycles. The van der Waals surface area contributed by atoms with E-state index in [1.807, 2.05) is 13.8 Å². The van der Waals surface area contributed by atoms with Crippen LogP contribution in [0.2, 0.25) is 0 Å². The predicted molar refractivity (Wildman–Crippen MR) is 49.1 cm³/mol. The van der Waals surface area contributed by atoms with Gasteiger partial charge in [-0.1, -0.05) is 0 Å². The summed E-state index contributed by atoms with van der Waals surface area (Å²) in [5.74, 6) is -0.891. The molecule has 0 radical (unpaired) electrons. The normalized spacial score (nSPS) is 11.5. The van der Waals surface area contributed by atoms with E-state index < -0.39 is 11.9 Å². The zero-order chi connectivity index (χ0) is 10.6. The molecule has 0 saturated carbocycles. The molecule has 4 N–H and O–H groups in total. The highest BCUT2D eigenvalue weighted by molar-refractivity contribution is 6.38. The number of hydrogen-bond acceptors (Lipinski definition) is 2. The van der Waals surface area contributed by atoms with Gasteiger partial charge in [0, 0.05) is 13.1 Å². The van der Waals surface area contributed by atoms with Crippen molar-refractivity contribution in [2.75, 3.05) is 7.05 Å². The molecule has 6 nitrogen and oxygen atoms in total. The number of likely N-dealkylation sites (N-methyl/N-ethyl adjacent to an activating group) is 1. The number of nitrogens with zero attached hydrogens (tertiary/aromatic N) is 2. The molecule has 0 aromatic carbocycles. The topological polar surface area (TPSA) is 102 Å². The number of urea groups is 1. The minimum atomic E-state index is -0.969. The Morgan fingerprint density at radius 1 is 1.31 bits per heavy atom. The summed E-state index contributed by atoms with van der Waals surface area (Å²) in [6.07, 6.45) is 0. The lowest BCUT2D eigenvalue weighted by Gasteiger charge is -2.20. The fourth-order valence-corrected chi connectivity index (χ4v) is 0.582. The molecule has 74 valence electrons. The first kappa shape index (κ1) is 11.4. The molecule has 0 rings (SSSR count). The van der Waals surface area contributed by atoms with Crippen molar-refractivity contribution in [3.63, 3.8) is 0 Å². The van der Waals surface area contributed by atoms with Crippen LogP contribution in [0.15, 0.2) is 4.99 Å². The average Bonchev–Trinajstić information content (AvgIpc) is 2.00. The Morgan fingerprint density at radius 2 is 1.77 bits per heavy atom. The zero-order valence-corrected chi connectivity index (χ0v) is 7.94. The number of primary amides is 1. The fourth-order valence-electron chi connectivity index (χ4n) is 0.582. The molecule has 13 heavy (non-hydrogen) atoms. The van der Waals surface area contributed by atoms with Gasteiger partial charge >= 0.3 is 6.03 Å². The van der Waals surface area contributed by atoms with Crippen LogP contribution in [0.1, 0.15) is 13.8 Å². The smallest absolute Gasteiger partial charge is 0.340 e. The Bertz CT molecular complexity index is 247. The summed E-state index contributed by atoms with van der Waals surface area (Å²) < 4.78 is 0. The second kappa shape index (κ2) is 4.44. The van der Waals surface area contributed by atoms with Gasteiger partial charge in [-0.15, -0.1) is 0 Å². The molecule has 6 heteroatoms. The number of amides is 3. The number of nitrogens with two attached hydrogens (primary N) is 2. The number of carbonyl (C=O) groups is 2. The minimum absolute atomic E-state index is 0.00544. The number of hydrogen-bond donors (Lipinski definition) is 2. The highest BCUT2D eigenvalue weighted by Gasteiger charge is 2.16. The van der Waals surface area contributed by atoms with Crippen LogP contribution < -0.4 is 11.5 Å². The number of rotatable bonds is 1. The largest absolute Gasteiger partial charge is 0.379 e. The molecule has 0 aliphatic carbocycles. The zero-order valence-electron chi connectivity index (χ0n) is 7.94. The number of aliphatic imine (C=N–C) groups is 1. The average molecular weight is 186 g/mol. The molecule has 0 aliphatic rings. The van der Waals surface area contributed by atoms with Crippen molar-refractivity contribution in [2.45, 2.75) is 19.9 Å². The molecule has 0 saturated heterocycles. The van der Waals surface area contributed by atoms with Crippen LogP contribution in [0.4, 0.5) is 4.79 Å². The molecular formula is C7H14N4O2. The molecule has 0 atom stereocenters. The van der Waals surface area contributed by atoms with Crippen molar-refractivity contribution in [1.82, 2.24) is 4.90 Å². The number of amidine groups is 1. The van der Waals surface area contributed by atoms with E-state index in [0.29, 0.717) is 0 Å². The molecule has 3 amide bonds. The van der Waals surface area contributed by atoms with Crippen molar-refractivity contribution >= 4 is 17.8 Å². The van der Waals surface area contributed by atoms with Crippen LogP contribution in [0.5, 0.6) is 0 Å². The third kappa shape index (κ3) is 3.55. The lowest BCUT2D eigenvalue weighted by atomic mass is 10.3. The molecule has 0 aromatic heterocycles. The molecule has 0 aromatic rings. The quantitative estimate of drug-likeness (QED) is 0.417. The fraction of sp³-hybridized carbons (Fsp3) is 0.571. The Balaban J connectivity index is 4.52. The van der Waals surface area contributed by atoms with Crippen molar-refractivity contribution in [3.05, 3.63) is 0 Å². The van der Waals surface area contributed by atoms with E-state index in [2.05, 4.69) is 4.99 Å². The summed E-state index contributed by atoms with van der Waals surface area (Å²) >= 11 is 0. The Kier molecular flexibility index (Phi) is 3.90. The maximum Gasteiger partial charge on any atom is 0.340 e. The van der Waals surface area contributed by atoms with Crippen LogP contribution in [-0.2, 0) is 4.79 Å². The lowest BCUT2D eigenvalue weighted by Crippen LogP contribution is -2.42. The second-order valence-corrected chi connectivity index (χ2v) is 2.85. The summed E-state index contributed by atoms with van der Waals surface area (Å²) in [6, 6.07) is -0.975. The number of carbonyl (C=O) groups excluding carboxylic acids is 2. The van der Waals surface area contributed by atoms with Crippen LogP contribution >= 0.6 is 0 Å². The molecule has 0 spiro atoms. The van der Waals surface area contributed by atoms with Gasteiger partial charge in [-0.2, -0.15) is 4.99 Å². The van der Waals surface area contributed by atoms with Crippen LogP contribution in [0.3, 0.4) is 0 Å². The van der Waals surface area contributed by atoms with Crippen molar-refractivity contribution in [3.8, 4) is 0 Å². The van der Waals surface area contributed by atoms with Crippen molar-refractivity contribution in [2.24, 2.45) is 16.5 Å². The summed E-state index contributed by atoms with van der Waals surface area (Å²) in [6.45, 7) is 3.63. The third-order valence-corrected chi connectivity index (χ3v) is 1.54. The van der Waals surface area contributed by atoms with Crippen molar-refractivity contribution < 1.29 is 9.59 Å². The third-order valence-electron chi connectivity index (χ3n) is 1.54. The van der Waals surface area contributed by atoms with Crippen LogP contribution in [-0.4, -0.2) is 35.8 Å². The maximum absolute atomic E-state index is 11.3. The first-order valence-corrected chi connectivity index (χ1v) is 3.77. The van der Waals surface area contributed by atoms with Crippen molar-refractivity contribution in [1.29, 1.82) is 0 Å². The Morgan fingerprint density at radius 3 is 2.08 bits per heavy atom. The van der Waals surface area contributed by atoms with Crippen LogP contribution in [0, 0.1) is 0 Å². The van der Waals surface area contributed by atoms with Gasteiger partial charge in [-0.05, 0) is 13.8 Å². The van der Waals surface area contributed by atoms with Gasteiger partial charge in [0.2, 0.25) is 0 Å².